The maximum atomic E-state index is 12.8. The van der Waals surface area contributed by atoms with Gasteiger partial charge in [0.25, 0.3) is 0 Å². The summed E-state index contributed by atoms with van der Waals surface area (Å²) in [6, 6.07) is 12.5. The minimum Gasteiger partial charge on any atom is -0.496 e. The highest BCUT2D eigenvalue weighted by atomic mass is 79.9. The van der Waals surface area contributed by atoms with Crippen LogP contribution in [0.4, 0.5) is 4.39 Å². The van der Waals surface area contributed by atoms with Crippen molar-refractivity contribution in [2.75, 3.05) is 7.11 Å². The molecule has 0 N–H and O–H groups in total. The molecule has 0 radical (unpaired) electrons. The SMILES string of the molecule is COc1ccc(Br)cc1SCc1ccc(F)cc1. The summed E-state index contributed by atoms with van der Waals surface area (Å²) in [4.78, 5) is 1.07. The number of benzene rings is 2. The monoisotopic (exact) mass is 326 g/mol. The second-order valence-electron chi connectivity index (χ2n) is 3.71. The first-order valence-electron chi connectivity index (χ1n) is 5.40. The molecule has 0 atom stereocenters. The number of thioether (sulfide) groups is 1. The van der Waals surface area contributed by atoms with Crippen molar-refractivity contribution in [3.63, 3.8) is 0 Å². The van der Waals surface area contributed by atoms with E-state index in [1.54, 1.807) is 31.0 Å². The summed E-state index contributed by atoms with van der Waals surface area (Å²) in [5.74, 6) is 1.43. The minimum atomic E-state index is -0.205. The van der Waals surface area contributed by atoms with Crippen LogP contribution in [-0.2, 0) is 5.75 Å². The summed E-state index contributed by atoms with van der Waals surface area (Å²) in [7, 11) is 1.66. The molecule has 2 aromatic rings. The first-order chi connectivity index (χ1) is 8.69. The van der Waals surface area contributed by atoms with Crippen molar-refractivity contribution in [1.29, 1.82) is 0 Å². The van der Waals surface area contributed by atoms with Gasteiger partial charge in [0.05, 0.1) is 12.0 Å². The summed E-state index contributed by atoms with van der Waals surface area (Å²) in [6.45, 7) is 0. The van der Waals surface area contributed by atoms with E-state index in [0.717, 1.165) is 26.4 Å². The summed E-state index contributed by atoms with van der Waals surface area (Å²) >= 11 is 5.11. The molecular weight excluding hydrogens is 315 g/mol. The van der Waals surface area contributed by atoms with Gasteiger partial charge < -0.3 is 4.74 Å². The molecule has 0 saturated carbocycles. The van der Waals surface area contributed by atoms with Crippen LogP contribution in [0, 0.1) is 5.82 Å². The van der Waals surface area contributed by atoms with E-state index < -0.39 is 0 Å². The molecular formula is C14H12BrFOS. The van der Waals surface area contributed by atoms with Crippen molar-refractivity contribution >= 4 is 27.7 Å². The van der Waals surface area contributed by atoms with Gasteiger partial charge in [0, 0.05) is 10.2 Å². The molecule has 2 aromatic carbocycles. The van der Waals surface area contributed by atoms with Gasteiger partial charge in [0.15, 0.2) is 0 Å². The van der Waals surface area contributed by atoms with Gasteiger partial charge in [-0.15, -0.1) is 11.8 Å². The van der Waals surface area contributed by atoms with E-state index in [1.807, 2.05) is 18.2 Å². The van der Waals surface area contributed by atoms with Gasteiger partial charge in [-0.3, -0.25) is 0 Å². The normalized spacial score (nSPS) is 10.4. The third-order valence-corrected chi connectivity index (χ3v) is 4.03. The van der Waals surface area contributed by atoms with Gasteiger partial charge in [-0.2, -0.15) is 0 Å². The molecule has 0 aliphatic rings. The number of methoxy groups -OCH3 is 1. The fraction of sp³-hybridized carbons (Fsp3) is 0.143. The third kappa shape index (κ3) is 3.50. The van der Waals surface area contributed by atoms with E-state index in [2.05, 4.69) is 15.9 Å². The van der Waals surface area contributed by atoms with Gasteiger partial charge in [-0.1, -0.05) is 28.1 Å². The maximum Gasteiger partial charge on any atom is 0.132 e. The van der Waals surface area contributed by atoms with Crippen LogP contribution in [0.5, 0.6) is 5.75 Å². The first kappa shape index (κ1) is 13.4. The average Bonchev–Trinajstić information content (AvgIpc) is 2.38. The number of rotatable bonds is 4. The molecule has 2 rings (SSSR count). The standard InChI is InChI=1S/C14H12BrFOS/c1-17-13-7-4-11(15)8-14(13)18-9-10-2-5-12(16)6-3-10/h2-8H,9H2,1H3. The van der Waals surface area contributed by atoms with Crippen LogP contribution in [0.2, 0.25) is 0 Å². The number of hydrogen-bond acceptors (Lipinski definition) is 2. The lowest BCUT2D eigenvalue weighted by atomic mass is 10.2. The van der Waals surface area contributed by atoms with E-state index >= 15 is 0 Å². The highest BCUT2D eigenvalue weighted by Crippen LogP contribution is 2.33. The van der Waals surface area contributed by atoms with Crippen molar-refractivity contribution in [3.05, 3.63) is 58.3 Å². The Morgan fingerprint density at radius 3 is 2.56 bits per heavy atom. The lowest BCUT2D eigenvalue weighted by molar-refractivity contribution is 0.404. The number of halogens is 2. The predicted molar refractivity (Wildman–Crippen MR) is 76.7 cm³/mol. The van der Waals surface area contributed by atoms with Crippen LogP contribution in [0.25, 0.3) is 0 Å². The lowest BCUT2D eigenvalue weighted by Gasteiger charge is -2.08. The van der Waals surface area contributed by atoms with Crippen molar-refractivity contribution < 1.29 is 9.13 Å². The van der Waals surface area contributed by atoms with Crippen molar-refractivity contribution in [2.24, 2.45) is 0 Å². The van der Waals surface area contributed by atoms with E-state index in [1.165, 1.54) is 12.1 Å². The molecule has 0 unspecified atom stereocenters. The molecule has 94 valence electrons. The highest BCUT2D eigenvalue weighted by molar-refractivity contribution is 9.10. The molecule has 0 aromatic heterocycles. The number of ether oxygens (including phenoxy) is 1. The smallest absolute Gasteiger partial charge is 0.132 e. The fourth-order valence-electron chi connectivity index (χ4n) is 1.51. The molecule has 0 amide bonds. The van der Waals surface area contributed by atoms with E-state index in [4.69, 9.17) is 4.74 Å². The third-order valence-electron chi connectivity index (χ3n) is 2.43. The van der Waals surface area contributed by atoms with Gasteiger partial charge in [-0.25, -0.2) is 4.39 Å². The van der Waals surface area contributed by atoms with Crippen LogP contribution in [0.1, 0.15) is 5.56 Å². The second-order valence-corrected chi connectivity index (χ2v) is 5.64. The predicted octanol–water partition coefficient (Wildman–Crippen LogP) is 4.89. The van der Waals surface area contributed by atoms with E-state index in [-0.39, 0.29) is 5.82 Å². The summed E-state index contributed by atoms with van der Waals surface area (Å²) < 4.78 is 19.1. The Labute approximate surface area is 118 Å². The average molecular weight is 327 g/mol. The zero-order valence-corrected chi connectivity index (χ0v) is 12.2. The quantitative estimate of drug-likeness (QED) is 0.740. The van der Waals surface area contributed by atoms with Gasteiger partial charge in [0.1, 0.15) is 11.6 Å². The zero-order chi connectivity index (χ0) is 13.0. The summed E-state index contributed by atoms with van der Waals surface area (Å²) in [6.07, 6.45) is 0. The van der Waals surface area contributed by atoms with Crippen LogP contribution in [0.15, 0.2) is 51.8 Å². The molecule has 0 saturated heterocycles. The molecule has 0 aliphatic heterocycles. The summed E-state index contributed by atoms with van der Waals surface area (Å²) in [5.41, 5.74) is 1.09. The molecule has 0 fully saturated rings. The first-order valence-corrected chi connectivity index (χ1v) is 7.17. The van der Waals surface area contributed by atoms with Crippen molar-refractivity contribution in [1.82, 2.24) is 0 Å². The topological polar surface area (TPSA) is 9.23 Å². The Balaban J connectivity index is 2.09. The Bertz CT molecular complexity index is 528. The van der Waals surface area contributed by atoms with Crippen molar-refractivity contribution in [2.45, 2.75) is 10.6 Å². The molecule has 18 heavy (non-hydrogen) atoms. The Hall–Kier alpha value is -1.00. The Morgan fingerprint density at radius 1 is 1.17 bits per heavy atom. The lowest BCUT2D eigenvalue weighted by Crippen LogP contribution is -1.87. The molecule has 0 bridgehead atoms. The van der Waals surface area contributed by atoms with Gasteiger partial charge in [0.2, 0.25) is 0 Å². The second kappa shape index (κ2) is 6.25. The Kier molecular flexibility index (Phi) is 4.66. The molecule has 1 nitrogen and oxygen atoms in total. The van der Waals surface area contributed by atoms with Crippen LogP contribution in [-0.4, -0.2) is 7.11 Å². The Morgan fingerprint density at radius 2 is 1.89 bits per heavy atom. The van der Waals surface area contributed by atoms with Crippen molar-refractivity contribution in [3.8, 4) is 5.75 Å². The fourth-order valence-corrected chi connectivity index (χ4v) is 3.04. The van der Waals surface area contributed by atoms with Crippen LogP contribution >= 0.6 is 27.7 Å². The van der Waals surface area contributed by atoms with E-state index in [0.29, 0.717) is 0 Å². The molecule has 0 heterocycles. The van der Waals surface area contributed by atoms with Crippen LogP contribution in [0.3, 0.4) is 0 Å². The minimum absolute atomic E-state index is 0.205. The largest absolute Gasteiger partial charge is 0.496 e. The molecule has 0 aliphatic carbocycles. The zero-order valence-electron chi connectivity index (χ0n) is 9.82. The summed E-state index contributed by atoms with van der Waals surface area (Å²) in [5, 5.41) is 0. The number of hydrogen-bond donors (Lipinski definition) is 0. The highest BCUT2D eigenvalue weighted by Gasteiger charge is 2.05. The van der Waals surface area contributed by atoms with Crippen LogP contribution < -0.4 is 4.74 Å². The molecule has 0 spiro atoms. The van der Waals surface area contributed by atoms with Gasteiger partial charge in [-0.05, 0) is 35.9 Å². The maximum absolute atomic E-state index is 12.8. The van der Waals surface area contributed by atoms with Gasteiger partial charge >= 0.3 is 0 Å². The van der Waals surface area contributed by atoms with E-state index in [9.17, 15) is 4.39 Å². The molecule has 4 heteroatoms.